The first-order valence-corrected chi connectivity index (χ1v) is 14.8. The number of fused-ring (bicyclic) bond motifs is 1. The van der Waals surface area contributed by atoms with Crippen molar-refractivity contribution in [2.45, 2.75) is 82.4 Å². The summed E-state index contributed by atoms with van der Waals surface area (Å²) in [7, 11) is 0. The minimum Gasteiger partial charge on any atom is -0.455 e. The van der Waals surface area contributed by atoms with Crippen LogP contribution < -0.4 is 5.32 Å². The zero-order valence-corrected chi connectivity index (χ0v) is 24.7. The second-order valence-corrected chi connectivity index (χ2v) is 11.7. The van der Waals surface area contributed by atoms with Gasteiger partial charge in [0, 0.05) is 19.0 Å². The second kappa shape index (κ2) is 13.2. The molecule has 3 aliphatic rings. The number of hydrogen-bond acceptors (Lipinski definition) is 7. The van der Waals surface area contributed by atoms with Crippen molar-refractivity contribution in [3.63, 3.8) is 0 Å². The van der Waals surface area contributed by atoms with Crippen molar-refractivity contribution in [3.8, 4) is 0 Å². The molecule has 3 aliphatic heterocycles. The Morgan fingerprint density at radius 2 is 1.93 bits per heavy atom. The average molecular weight is 582 g/mol. The second-order valence-electron chi connectivity index (χ2n) is 11.7. The molecule has 0 unspecified atom stereocenters. The van der Waals surface area contributed by atoms with Crippen LogP contribution in [0.4, 0.5) is 0 Å². The lowest BCUT2D eigenvalue weighted by atomic mass is 9.70. The van der Waals surface area contributed by atoms with Crippen LogP contribution >= 0.6 is 0 Å². The smallest absolute Gasteiger partial charge is 0.313 e. The van der Waals surface area contributed by atoms with Crippen LogP contribution in [0.25, 0.3) is 0 Å². The highest BCUT2D eigenvalue weighted by Crippen LogP contribution is 2.59. The van der Waals surface area contributed by atoms with Gasteiger partial charge in [-0.15, -0.1) is 13.2 Å². The molecule has 3 heterocycles. The molecule has 1 aromatic rings. The molecule has 7 atom stereocenters. The topological polar surface area (TPSA) is 125 Å². The molecule has 0 radical (unpaired) electrons. The number of amides is 3. The van der Waals surface area contributed by atoms with Crippen LogP contribution in [0, 0.1) is 11.8 Å². The van der Waals surface area contributed by atoms with Gasteiger partial charge in [0.2, 0.25) is 17.7 Å². The van der Waals surface area contributed by atoms with E-state index in [1.165, 1.54) is 4.90 Å². The fourth-order valence-corrected chi connectivity index (χ4v) is 6.69. The van der Waals surface area contributed by atoms with E-state index in [9.17, 15) is 24.3 Å². The van der Waals surface area contributed by atoms with Gasteiger partial charge < -0.3 is 29.7 Å². The van der Waals surface area contributed by atoms with Gasteiger partial charge in [0.25, 0.3) is 0 Å². The van der Waals surface area contributed by atoms with Gasteiger partial charge in [0.05, 0.1) is 37.1 Å². The predicted molar refractivity (Wildman–Crippen MR) is 156 cm³/mol. The van der Waals surface area contributed by atoms with Gasteiger partial charge in [0.1, 0.15) is 17.7 Å². The number of nitrogens with one attached hydrogen (secondary N) is 1. The van der Waals surface area contributed by atoms with Crippen LogP contribution in [-0.2, 0) is 28.7 Å². The summed E-state index contributed by atoms with van der Waals surface area (Å²) in [4.78, 5) is 57.5. The molecule has 0 aromatic heterocycles. The molecule has 228 valence electrons. The van der Waals surface area contributed by atoms with Gasteiger partial charge in [-0.25, -0.2) is 0 Å². The lowest BCUT2D eigenvalue weighted by molar-refractivity contribution is -0.161. The number of aliphatic hydroxyl groups excluding tert-OH is 1. The largest absolute Gasteiger partial charge is 0.455 e. The third-order valence-electron chi connectivity index (χ3n) is 8.71. The van der Waals surface area contributed by atoms with E-state index >= 15 is 0 Å². The number of benzene rings is 1. The maximum atomic E-state index is 14.1. The summed E-state index contributed by atoms with van der Waals surface area (Å²) in [5.74, 6) is -3.33. The van der Waals surface area contributed by atoms with Crippen LogP contribution in [0.15, 0.2) is 55.6 Å². The number of ether oxygens (including phenoxy) is 2. The summed E-state index contributed by atoms with van der Waals surface area (Å²) in [6.45, 7) is 12.9. The van der Waals surface area contributed by atoms with Crippen molar-refractivity contribution < 1.29 is 33.8 Å². The van der Waals surface area contributed by atoms with Crippen molar-refractivity contribution in [3.05, 3.63) is 61.2 Å². The highest BCUT2D eigenvalue weighted by atomic mass is 16.6. The van der Waals surface area contributed by atoms with Gasteiger partial charge in [0.15, 0.2) is 0 Å². The fraction of sp³-hybridized carbons (Fsp3) is 0.562. The number of likely N-dealkylation sites (tertiary alicyclic amines) is 1. The third kappa shape index (κ3) is 5.74. The molecule has 2 bridgehead atoms. The van der Waals surface area contributed by atoms with Gasteiger partial charge in [-0.05, 0) is 45.6 Å². The highest BCUT2D eigenvalue weighted by molar-refractivity contribution is 5.98. The number of rotatable bonds is 14. The Morgan fingerprint density at radius 3 is 2.55 bits per heavy atom. The number of nitrogens with zero attached hydrogens (tertiary/aromatic N) is 2. The normalized spacial score (nSPS) is 27.4. The van der Waals surface area contributed by atoms with Crippen molar-refractivity contribution in [2.24, 2.45) is 11.8 Å². The molecule has 1 aromatic carbocycles. The Morgan fingerprint density at radius 1 is 1.21 bits per heavy atom. The standard InChI is InChI=1S/C32H43N3O7/c1-6-8-14-25(37)33-18-24(22-12-10-9-11-13-22)41-31(40)26-23-15-16-32(42-23)27(26)29(38)35(21(5)19-36)28(32)30(39)34(17-7-2)20(3)4/h6-7,9-13,20-21,23-24,26-28,36H,1-2,8,14-19H2,3-5H3,(H,33,37)/t21-,23+,24-,26-,27-,28+,32-/m1/s1. The molecule has 1 spiro atoms. The first-order valence-electron chi connectivity index (χ1n) is 14.8. The van der Waals surface area contributed by atoms with Gasteiger partial charge in [-0.1, -0.05) is 42.5 Å². The summed E-state index contributed by atoms with van der Waals surface area (Å²) in [5.41, 5.74) is -0.506. The monoisotopic (exact) mass is 581 g/mol. The number of allylic oxidation sites excluding steroid dienone is 1. The van der Waals surface area contributed by atoms with E-state index in [1.807, 2.05) is 44.2 Å². The van der Waals surface area contributed by atoms with Crippen LogP contribution in [0.1, 0.15) is 58.1 Å². The van der Waals surface area contributed by atoms with Gasteiger partial charge >= 0.3 is 5.97 Å². The summed E-state index contributed by atoms with van der Waals surface area (Å²) >= 11 is 0. The first kappa shape index (κ1) is 31.4. The van der Waals surface area contributed by atoms with Crippen molar-refractivity contribution in [1.82, 2.24) is 15.1 Å². The number of esters is 1. The zero-order chi connectivity index (χ0) is 30.6. The third-order valence-corrected chi connectivity index (χ3v) is 8.71. The Kier molecular flexibility index (Phi) is 9.89. The minimum absolute atomic E-state index is 0.0629. The Hall–Kier alpha value is -3.50. The molecular weight excluding hydrogens is 538 g/mol. The van der Waals surface area contributed by atoms with Crippen LogP contribution in [0.3, 0.4) is 0 Å². The summed E-state index contributed by atoms with van der Waals surface area (Å²) in [6, 6.07) is 7.29. The van der Waals surface area contributed by atoms with Crippen molar-refractivity contribution in [1.29, 1.82) is 0 Å². The molecule has 3 amide bonds. The van der Waals surface area contributed by atoms with E-state index in [2.05, 4.69) is 18.5 Å². The fourth-order valence-electron chi connectivity index (χ4n) is 6.69. The number of carbonyl (C=O) groups excluding carboxylic acids is 4. The molecule has 2 N–H and O–H groups in total. The predicted octanol–water partition coefficient (Wildman–Crippen LogP) is 2.53. The zero-order valence-electron chi connectivity index (χ0n) is 24.7. The molecule has 42 heavy (non-hydrogen) atoms. The first-order chi connectivity index (χ1) is 20.1. The average Bonchev–Trinajstić information content (AvgIpc) is 3.63. The van der Waals surface area contributed by atoms with E-state index in [-0.39, 0.29) is 44.0 Å². The molecule has 10 nitrogen and oxygen atoms in total. The van der Waals surface area contributed by atoms with Crippen LogP contribution in [0.2, 0.25) is 0 Å². The van der Waals surface area contributed by atoms with Crippen LogP contribution in [0.5, 0.6) is 0 Å². The maximum Gasteiger partial charge on any atom is 0.313 e. The SMILES string of the molecule is C=CCCC(=O)NC[C@@H](OC(=O)[C@@H]1[C@@H]2CC[C@]3(O2)[C@H](C(=O)N(CC=C)C(C)C)N([C@H](C)CO)C(=O)[C@@H]13)c1ccccc1. The molecule has 4 rings (SSSR count). The number of hydrogen-bond donors (Lipinski definition) is 2. The van der Waals surface area contributed by atoms with E-state index in [4.69, 9.17) is 9.47 Å². The summed E-state index contributed by atoms with van der Waals surface area (Å²) in [6.07, 6.45) is 3.65. The molecule has 0 saturated carbocycles. The summed E-state index contributed by atoms with van der Waals surface area (Å²) in [5, 5.41) is 12.9. The molecule has 3 fully saturated rings. The minimum atomic E-state index is -1.21. The molecule has 10 heteroatoms. The van der Waals surface area contributed by atoms with E-state index in [1.54, 1.807) is 24.0 Å². The Labute approximate surface area is 247 Å². The van der Waals surface area contributed by atoms with E-state index < -0.39 is 53.6 Å². The van der Waals surface area contributed by atoms with Gasteiger partial charge in [-0.2, -0.15) is 0 Å². The number of carbonyl (C=O) groups is 4. The van der Waals surface area contributed by atoms with Crippen molar-refractivity contribution >= 4 is 23.7 Å². The van der Waals surface area contributed by atoms with E-state index in [0.29, 0.717) is 24.8 Å². The van der Waals surface area contributed by atoms with Crippen LogP contribution in [-0.4, -0.2) is 88.1 Å². The van der Waals surface area contributed by atoms with E-state index in [0.717, 1.165) is 0 Å². The molecule has 3 saturated heterocycles. The Bertz CT molecular complexity index is 1190. The van der Waals surface area contributed by atoms with Gasteiger partial charge in [-0.3, -0.25) is 19.2 Å². The Balaban J connectivity index is 1.64. The molecular formula is C32H43N3O7. The number of aliphatic hydroxyl groups is 1. The quantitative estimate of drug-likeness (QED) is 0.256. The molecule has 0 aliphatic carbocycles. The maximum absolute atomic E-state index is 14.1. The van der Waals surface area contributed by atoms with Crippen molar-refractivity contribution in [2.75, 3.05) is 19.7 Å². The lowest BCUT2D eigenvalue weighted by Crippen LogP contribution is -2.59. The highest BCUT2D eigenvalue weighted by Gasteiger charge is 2.75. The lowest BCUT2D eigenvalue weighted by Gasteiger charge is -2.39. The summed E-state index contributed by atoms with van der Waals surface area (Å²) < 4.78 is 12.5.